The van der Waals surface area contributed by atoms with Gasteiger partial charge in [0.05, 0.1) is 18.6 Å². The first-order valence-electron chi connectivity index (χ1n) is 5.36. The van der Waals surface area contributed by atoms with Crippen LogP contribution in [0.15, 0.2) is 6.33 Å². The Hall–Kier alpha value is -1.57. The van der Waals surface area contributed by atoms with E-state index in [0.29, 0.717) is 11.4 Å². The summed E-state index contributed by atoms with van der Waals surface area (Å²) >= 11 is 0. The number of rotatable bonds is 5. The van der Waals surface area contributed by atoms with E-state index < -0.39 is 19.2 Å². The van der Waals surface area contributed by atoms with Crippen molar-refractivity contribution in [2.75, 3.05) is 12.0 Å². The van der Waals surface area contributed by atoms with Crippen LogP contribution in [-0.4, -0.2) is 22.8 Å². The van der Waals surface area contributed by atoms with Gasteiger partial charge < -0.3 is 10.2 Å². The number of nitrogen functional groups attached to an aromatic ring is 1. The van der Waals surface area contributed by atoms with Crippen LogP contribution in [0.2, 0.25) is 0 Å². The van der Waals surface area contributed by atoms with Gasteiger partial charge in [0.1, 0.15) is 6.33 Å². The lowest BCUT2D eigenvalue weighted by Crippen LogP contribution is -2.16. The van der Waals surface area contributed by atoms with Crippen LogP contribution < -0.4 is 16.0 Å². The fraction of sp³-hybridized carbons (Fsp3) is 0.600. The maximum absolute atomic E-state index is 12.0. The number of alkyl halides is 3. The molecule has 0 fully saturated rings. The van der Waals surface area contributed by atoms with Gasteiger partial charge in [-0.05, 0) is 5.92 Å². The molecule has 1 aromatic rings. The van der Waals surface area contributed by atoms with Crippen LogP contribution in [-0.2, 0) is 0 Å². The summed E-state index contributed by atoms with van der Waals surface area (Å²) in [6, 6.07) is 0. The molecule has 0 saturated carbocycles. The maximum atomic E-state index is 12.0. The molecule has 102 valence electrons. The van der Waals surface area contributed by atoms with Crippen LogP contribution in [0, 0.1) is 0 Å². The number of halogens is 3. The third-order valence-electron chi connectivity index (χ3n) is 2.19. The van der Waals surface area contributed by atoms with Gasteiger partial charge in [0, 0.05) is 0 Å². The first-order valence-corrected chi connectivity index (χ1v) is 5.36. The summed E-state index contributed by atoms with van der Waals surface area (Å²) in [5.74, 6) is 5.72. The number of hydrogen-bond acceptors (Lipinski definition) is 5. The van der Waals surface area contributed by atoms with E-state index in [2.05, 4.69) is 15.4 Å². The van der Waals surface area contributed by atoms with Crippen LogP contribution in [0.25, 0.3) is 0 Å². The Labute approximate surface area is 103 Å². The number of anilines is 1. The van der Waals surface area contributed by atoms with Gasteiger partial charge in [-0.3, -0.25) is 0 Å². The summed E-state index contributed by atoms with van der Waals surface area (Å²) in [6.45, 7) is 3.20. The molecule has 8 heteroatoms. The molecule has 0 aliphatic carbocycles. The number of hydrogen-bond donors (Lipinski definition) is 2. The zero-order valence-electron chi connectivity index (χ0n) is 10.1. The van der Waals surface area contributed by atoms with Gasteiger partial charge in [-0.25, -0.2) is 15.8 Å². The van der Waals surface area contributed by atoms with E-state index in [1.54, 1.807) is 0 Å². The lowest BCUT2D eigenvalue weighted by molar-refractivity contribution is -0.139. The Morgan fingerprint density at radius 3 is 2.56 bits per heavy atom. The van der Waals surface area contributed by atoms with Gasteiger partial charge in [-0.15, -0.1) is 0 Å². The van der Waals surface area contributed by atoms with Crippen molar-refractivity contribution in [3.8, 4) is 5.88 Å². The second kappa shape index (κ2) is 5.85. The molecule has 0 saturated heterocycles. The maximum Gasteiger partial charge on any atom is 0.392 e. The molecule has 0 amide bonds. The number of nitrogens with two attached hydrogens (primary N) is 1. The van der Waals surface area contributed by atoms with E-state index in [-0.39, 0.29) is 11.8 Å². The van der Waals surface area contributed by atoms with Gasteiger partial charge in [0.25, 0.3) is 0 Å². The first kappa shape index (κ1) is 14.5. The van der Waals surface area contributed by atoms with Crippen LogP contribution in [0.4, 0.5) is 19.0 Å². The number of hydrazine groups is 1. The summed E-state index contributed by atoms with van der Waals surface area (Å²) < 4.78 is 41.1. The van der Waals surface area contributed by atoms with Crippen LogP contribution in [0.5, 0.6) is 5.88 Å². The molecule has 0 unspecified atom stereocenters. The molecule has 1 rings (SSSR count). The van der Waals surface area contributed by atoms with E-state index in [9.17, 15) is 13.2 Å². The number of nitrogens with one attached hydrogen (secondary N) is 1. The highest BCUT2D eigenvalue weighted by Crippen LogP contribution is 2.30. The number of aromatic nitrogens is 2. The molecule has 1 aromatic heterocycles. The van der Waals surface area contributed by atoms with E-state index >= 15 is 0 Å². The van der Waals surface area contributed by atoms with Crippen LogP contribution >= 0.6 is 0 Å². The fourth-order valence-electron chi connectivity index (χ4n) is 1.39. The minimum absolute atomic E-state index is 0.0295. The standard InChI is InChI=1S/C10H15F3N4O/c1-6(2)7-8(17-14)15-5-16-9(7)18-4-3-10(11,12)13/h5-6H,3-4,14H2,1-2H3,(H,15,16,17). The van der Waals surface area contributed by atoms with Gasteiger partial charge in [0.2, 0.25) is 5.88 Å². The zero-order valence-corrected chi connectivity index (χ0v) is 10.1. The largest absolute Gasteiger partial charge is 0.477 e. The van der Waals surface area contributed by atoms with Crippen molar-refractivity contribution in [2.24, 2.45) is 5.84 Å². The Kier molecular flexibility index (Phi) is 4.71. The first-order chi connectivity index (χ1) is 8.35. The van der Waals surface area contributed by atoms with Crippen molar-refractivity contribution in [2.45, 2.75) is 32.4 Å². The molecule has 1 heterocycles. The quantitative estimate of drug-likeness (QED) is 0.630. The summed E-state index contributed by atoms with van der Waals surface area (Å²) in [4.78, 5) is 7.72. The molecule has 0 bridgehead atoms. The summed E-state index contributed by atoms with van der Waals surface area (Å²) in [5, 5.41) is 0. The Morgan fingerprint density at radius 2 is 2.06 bits per heavy atom. The lowest BCUT2D eigenvalue weighted by Gasteiger charge is -2.16. The van der Waals surface area contributed by atoms with Gasteiger partial charge in [-0.2, -0.15) is 13.2 Å². The predicted molar refractivity (Wildman–Crippen MR) is 60.1 cm³/mol. The predicted octanol–water partition coefficient (Wildman–Crippen LogP) is 2.22. The minimum Gasteiger partial charge on any atom is -0.477 e. The summed E-state index contributed by atoms with van der Waals surface area (Å²) in [6.07, 6.45) is -4.09. The molecule has 3 N–H and O–H groups in total. The average molecular weight is 264 g/mol. The normalized spacial score (nSPS) is 11.7. The molecule has 0 aliphatic rings. The second-order valence-corrected chi connectivity index (χ2v) is 3.95. The lowest BCUT2D eigenvalue weighted by atomic mass is 10.1. The third-order valence-corrected chi connectivity index (χ3v) is 2.19. The molecular formula is C10H15F3N4O. The topological polar surface area (TPSA) is 73.1 Å². The molecule has 0 aromatic carbocycles. The van der Waals surface area contributed by atoms with Crippen molar-refractivity contribution >= 4 is 5.82 Å². The van der Waals surface area contributed by atoms with E-state index in [1.165, 1.54) is 6.33 Å². The Morgan fingerprint density at radius 1 is 1.39 bits per heavy atom. The van der Waals surface area contributed by atoms with Crippen molar-refractivity contribution in [3.63, 3.8) is 0 Å². The van der Waals surface area contributed by atoms with E-state index in [4.69, 9.17) is 10.6 Å². The third kappa shape index (κ3) is 4.02. The fourth-order valence-corrected chi connectivity index (χ4v) is 1.39. The smallest absolute Gasteiger partial charge is 0.392 e. The Balaban J connectivity index is 2.82. The summed E-state index contributed by atoms with van der Waals surface area (Å²) in [7, 11) is 0. The highest BCUT2D eigenvalue weighted by atomic mass is 19.4. The van der Waals surface area contributed by atoms with Crippen molar-refractivity contribution < 1.29 is 17.9 Å². The van der Waals surface area contributed by atoms with Gasteiger partial charge in [-0.1, -0.05) is 13.8 Å². The van der Waals surface area contributed by atoms with Gasteiger partial charge >= 0.3 is 6.18 Å². The second-order valence-electron chi connectivity index (χ2n) is 3.95. The number of ether oxygens (including phenoxy) is 1. The van der Waals surface area contributed by atoms with Crippen molar-refractivity contribution in [1.29, 1.82) is 0 Å². The molecule has 0 aliphatic heterocycles. The molecule has 5 nitrogen and oxygen atoms in total. The Bertz CT molecular complexity index is 395. The minimum atomic E-state index is -4.25. The van der Waals surface area contributed by atoms with Crippen molar-refractivity contribution in [3.05, 3.63) is 11.9 Å². The zero-order chi connectivity index (χ0) is 13.8. The molecular weight excluding hydrogens is 249 g/mol. The highest BCUT2D eigenvalue weighted by Gasteiger charge is 2.27. The van der Waals surface area contributed by atoms with Gasteiger partial charge in [0.15, 0.2) is 5.82 Å². The highest BCUT2D eigenvalue weighted by molar-refractivity contribution is 5.49. The average Bonchev–Trinajstić information content (AvgIpc) is 2.26. The molecule has 18 heavy (non-hydrogen) atoms. The molecule has 0 spiro atoms. The van der Waals surface area contributed by atoms with E-state index in [1.807, 2.05) is 13.8 Å². The SMILES string of the molecule is CC(C)c1c(NN)ncnc1OCCC(F)(F)F. The number of nitrogens with zero attached hydrogens (tertiary/aromatic N) is 2. The molecule has 0 atom stereocenters. The van der Waals surface area contributed by atoms with Crippen LogP contribution in [0.1, 0.15) is 31.7 Å². The van der Waals surface area contributed by atoms with E-state index in [0.717, 1.165) is 0 Å². The summed E-state index contributed by atoms with van der Waals surface area (Å²) in [5.41, 5.74) is 2.93. The van der Waals surface area contributed by atoms with Crippen LogP contribution in [0.3, 0.4) is 0 Å². The van der Waals surface area contributed by atoms with Crippen molar-refractivity contribution in [1.82, 2.24) is 9.97 Å². The monoisotopic (exact) mass is 264 g/mol. The molecule has 0 radical (unpaired) electrons.